The Kier molecular flexibility index (Phi) is 5.13. The third-order valence-electron chi connectivity index (χ3n) is 2.54. The van der Waals surface area contributed by atoms with Gasteiger partial charge in [0, 0.05) is 13.6 Å². The Morgan fingerprint density at radius 1 is 1.48 bits per heavy atom. The van der Waals surface area contributed by atoms with Crippen LogP contribution in [0.5, 0.6) is 10.8 Å². The van der Waals surface area contributed by atoms with Crippen LogP contribution in [0.2, 0.25) is 0 Å². The lowest BCUT2D eigenvalue weighted by Gasteiger charge is -2.18. The van der Waals surface area contributed by atoms with Gasteiger partial charge in [-0.05, 0) is 19.1 Å². The third kappa shape index (κ3) is 4.73. The van der Waals surface area contributed by atoms with E-state index in [9.17, 15) is 9.90 Å². The van der Waals surface area contributed by atoms with Crippen molar-refractivity contribution >= 4 is 22.5 Å². The molecule has 0 aliphatic rings. The standard InChI is InChI=1S/C14H17N3O3S/c1-10(18)9-17(2)14(19)16-13-15-8-12(21-13)20-11-6-4-3-5-7-11/h3-8,10,18H,9H2,1-2H3,(H,15,16,19)/t10-/m1/s1. The quantitative estimate of drug-likeness (QED) is 0.890. The maximum Gasteiger partial charge on any atom is 0.323 e. The van der Waals surface area contributed by atoms with Crippen molar-refractivity contribution in [1.29, 1.82) is 0 Å². The fraction of sp³-hybridized carbons (Fsp3) is 0.286. The number of hydrogen-bond donors (Lipinski definition) is 2. The number of urea groups is 1. The number of anilines is 1. The van der Waals surface area contributed by atoms with Gasteiger partial charge in [0.15, 0.2) is 5.13 Å². The number of carbonyl (C=O) groups excluding carboxylic acids is 1. The summed E-state index contributed by atoms with van der Waals surface area (Å²) in [5, 5.41) is 12.9. The zero-order valence-electron chi connectivity index (χ0n) is 11.8. The van der Waals surface area contributed by atoms with Crippen molar-refractivity contribution in [1.82, 2.24) is 9.88 Å². The summed E-state index contributed by atoms with van der Waals surface area (Å²) in [6.07, 6.45) is 0.983. The van der Waals surface area contributed by atoms with Crippen LogP contribution in [-0.4, -0.2) is 40.7 Å². The van der Waals surface area contributed by atoms with Gasteiger partial charge in [-0.15, -0.1) is 0 Å². The Balaban J connectivity index is 1.92. The molecule has 7 heteroatoms. The van der Waals surface area contributed by atoms with Crippen molar-refractivity contribution in [3.8, 4) is 10.8 Å². The van der Waals surface area contributed by atoms with Crippen LogP contribution in [0, 0.1) is 0 Å². The van der Waals surface area contributed by atoms with Gasteiger partial charge >= 0.3 is 6.03 Å². The number of aliphatic hydroxyl groups excluding tert-OH is 1. The van der Waals surface area contributed by atoms with Gasteiger partial charge < -0.3 is 14.7 Å². The van der Waals surface area contributed by atoms with Gasteiger partial charge in [0.25, 0.3) is 0 Å². The van der Waals surface area contributed by atoms with Crippen LogP contribution in [0.15, 0.2) is 36.5 Å². The summed E-state index contributed by atoms with van der Waals surface area (Å²) in [4.78, 5) is 17.3. The van der Waals surface area contributed by atoms with Crippen LogP contribution in [-0.2, 0) is 0 Å². The average molecular weight is 307 g/mol. The van der Waals surface area contributed by atoms with E-state index in [-0.39, 0.29) is 12.6 Å². The van der Waals surface area contributed by atoms with Gasteiger partial charge in [0.05, 0.1) is 12.3 Å². The molecular formula is C14H17N3O3S. The molecule has 0 spiro atoms. The van der Waals surface area contributed by atoms with Crippen LogP contribution in [0.1, 0.15) is 6.92 Å². The number of nitrogens with zero attached hydrogens (tertiary/aromatic N) is 2. The molecule has 1 atom stereocenters. The monoisotopic (exact) mass is 307 g/mol. The number of para-hydroxylation sites is 1. The molecule has 0 saturated heterocycles. The molecule has 0 fully saturated rings. The van der Waals surface area contributed by atoms with Crippen LogP contribution in [0.25, 0.3) is 0 Å². The largest absolute Gasteiger partial charge is 0.445 e. The summed E-state index contributed by atoms with van der Waals surface area (Å²) in [5.41, 5.74) is 0. The summed E-state index contributed by atoms with van der Waals surface area (Å²) >= 11 is 1.24. The topological polar surface area (TPSA) is 74.7 Å². The Bertz CT molecular complexity index is 586. The van der Waals surface area contributed by atoms with E-state index in [1.165, 1.54) is 16.2 Å². The van der Waals surface area contributed by atoms with Crippen LogP contribution in [0.4, 0.5) is 9.93 Å². The molecule has 0 saturated carbocycles. The van der Waals surface area contributed by atoms with Gasteiger partial charge in [-0.25, -0.2) is 9.78 Å². The zero-order valence-corrected chi connectivity index (χ0v) is 12.6. The average Bonchev–Trinajstić information content (AvgIpc) is 2.86. The van der Waals surface area contributed by atoms with Crippen LogP contribution in [0.3, 0.4) is 0 Å². The molecule has 0 radical (unpaired) electrons. The molecule has 1 heterocycles. The molecule has 2 N–H and O–H groups in total. The number of benzene rings is 1. The fourth-order valence-electron chi connectivity index (χ4n) is 1.64. The lowest BCUT2D eigenvalue weighted by atomic mass is 10.3. The first kappa shape index (κ1) is 15.3. The number of aromatic nitrogens is 1. The van der Waals surface area contributed by atoms with Gasteiger partial charge in [0.2, 0.25) is 5.06 Å². The number of amides is 2. The molecule has 1 aromatic heterocycles. The SMILES string of the molecule is C[C@@H](O)CN(C)C(=O)Nc1ncc(Oc2ccccc2)s1. The minimum atomic E-state index is -0.575. The van der Waals surface area contributed by atoms with Gasteiger partial charge in [-0.2, -0.15) is 0 Å². The Morgan fingerprint density at radius 2 is 2.19 bits per heavy atom. The molecule has 6 nitrogen and oxygen atoms in total. The highest BCUT2D eigenvalue weighted by Gasteiger charge is 2.13. The molecule has 112 valence electrons. The molecule has 2 aromatic rings. The van der Waals surface area contributed by atoms with E-state index in [2.05, 4.69) is 10.3 Å². The highest BCUT2D eigenvalue weighted by Crippen LogP contribution is 2.30. The van der Waals surface area contributed by atoms with E-state index < -0.39 is 6.10 Å². The van der Waals surface area contributed by atoms with Gasteiger partial charge in [-0.3, -0.25) is 5.32 Å². The molecule has 0 aliphatic carbocycles. The highest BCUT2D eigenvalue weighted by molar-refractivity contribution is 7.17. The molecule has 21 heavy (non-hydrogen) atoms. The second-order valence-electron chi connectivity index (χ2n) is 4.56. The highest BCUT2D eigenvalue weighted by atomic mass is 32.1. The van der Waals surface area contributed by atoms with E-state index in [0.717, 1.165) is 0 Å². The second-order valence-corrected chi connectivity index (χ2v) is 5.55. The predicted octanol–water partition coefficient (Wildman–Crippen LogP) is 2.78. The van der Waals surface area contributed by atoms with E-state index in [0.29, 0.717) is 15.9 Å². The molecule has 2 amide bonds. The van der Waals surface area contributed by atoms with Gasteiger partial charge in [-0.1, -0.05) is 29.5 Å². The fourth-order valence-corrected chi connectivity index (χ4v) is 2.31. The summed E-state index contributed by atoms with van der Waals surface area (Å²) in [6.45, 7) is 1.88. The minimum Gasteiger partial charge on any atom is -0.445 e. The van der Waals surface area contributed by atoms with E-state index >= 15 is 0 Å². The maximum atomic E-state index is 11.8. The number of hydrogen-bond acceptors (Lipinski definition) is 5. The Morgan fingerprint density at radius 3 is 2.86 bits per heavy atom. The number of likely N-dealkylation sites (N-methyl/N-ethyl adjacent to an activating group) is 1. The third-order valence-corrected chi connectivity index (χ3v) is 3.34. The summed E-state index contributed by atoms with van der Waals surface area (Å²) in [7, 11) is 1.61. The lowest BCUT2D eigenvalue weighted by Crippen LogP contribution is -2.36. The number of ether oxygens (including phenoxy) is 1. The van der Waals surface area contributed by atoms with Crippen molar-refractivity contribution < 1.29 is 14.6 Å². The predicted molar refractivity (Wildman–Crippen MR) is 82.0 cm³/mol. The molecule has 0 bridgehead atoms. The Hall–Kier alpha value is -2.12. The lowest BCUT2D eigenvalue weighted by molar-refractivity contribution is 0.149. The van der Waals surface area contributed by atoms with E-state index in [4.69, 9.17) is 4.74 Å². The Labute approximate surface area is 127 Å². The van der Waals surface area contributed by atoms with Crippen molar-refractivity contribution in [2.24, 2.45) is 0 Å². The number of thiazole rings is 1. The summed E-state index contributed by atoms with van der Waals surface area (Å²) in [5.74, 6) is 0.713. The first-order valence-corrected chi connectivity index (χ1v) is 7.25. The molecule has 1 aromatic carbocycles. The maximum absolute atomic E-state index is 11.8. The number of rotatable bonds is 5. The molecule has 0 aliphatic heterocycles. The minimum absolute atomic E-state index is 0.255. The van der Waals surface area contributed by atoms with Crippen molar-refractivity contribution in [3.05, 3.63) is 36.5 Å². The second kappa shape index (κ2) is 7.05. The van der Waals surface area contributed by atoms with Crippen molar-refractivity contribution in [3.63, 3.8) is 0 Å². The summed E-state index contributed by atoms with van der Waals surface area (Å²) in [6, 6.07) is 9.02. The molecular weight excluding hydrogens is 290 g/mol. The smallest absolute Gasteiger partial charge is 0.323 e. The first-order chi connectivity index (χ1) is 10.0. The number of carbonyl (C=O) groups is 1. The first-order valence-electron chi connectivity index (χ1n) is 6.43. The normalized spacial score (nSPS) is 11.8. The van der Waals surface area contributed by atoms with Crippen LogP contribution < -0.4 is 10.1 Å². The van der Waals surface area contributed by atoms with E-state index in [1.54, 1.807) is 20.2 Å². The van der Waals surface area contributed by atoms with Crippen molar-refractivity contribution in [2.75, 3.05) is 18.9 Å². The number of nitrogens with one attached hydrogen (secondary N) is 1. The number of aliphatic hydroxyl groups is 1. The van der Waals surface area contributed by atoms with Crippen molar-refractivity contribution in [2.45, 2.75) is 13.0 Å². The van der Waals surface area contributed by atoms with Crippen LogP contribution >= 0.6 is 11.3 Å². The molecule has 0 unspecified atom stereocenters. The summed E-state index contributed by atoms with van der Waals surface area (Å²) < 4.78 is 5.62. The van der Waals surface area contributed by atoms with E-state index in [1.807, 2.05) is 30.3 Å². The van der Waals surface area contributed by atoms with Gasteiger partial charge in [0.1, 0.15) is 5.75 Å². The zero-order chi connectivity index (χ0) is 15.2. The molecule has 2 rings (SSSR count).